The highest BCUT2D eigenvalue weighted by molar-refractivity contribution is 6.21. The first-order valence-electron chi connectivity index (χ1n) is 3.86. The van der Waals surface area contributed by atoms with Crippen molar-refractivity contribution >= 4 is 11.6 Å². The highest BCUT2D eigenvalue weighted by Gasteiger charge is 2.03. The van der Waals surface area contributed by atoms with Crippen LogP contribution in [0.2, 0.25) is 0 Å². The molecular weight excluding hydrogens is 144 g/mol. The van der Waals surface area contributed by atoms with E-state index in [0.717, 1.165) is 0 Å². The third-order valence-corrected chi connectivity index (χ3v) is 1.97. The van der Waals surface area contributed by atoms with E-state index in [-0.39, 0.29) is 5.38 Å². The van der Waals surface area contributed by atoms with Crippen molar-refractivity contribution in [2.75, 3.05) is 0 Å². The lowest BCUT2D eigenvalue weighted by Gasteiger charge is -2.07. The molecule has 1 heteroatoms. The lowest BCUT2D eigenvalue weighted by atomic mass is 10.1. The van der Waals surface area contributed by atoms with Gasteiger partial charge in [-0.2, -0.15) is 0 Å². The monoisotopic (exact) mass is 160 g/mol. The Morgan fingerprint density at radius 3 is 1.80 bits per heavy atom. The summed E-state index contributed by atoms with van der Waals surface area (Å²) in [7, 11) is 0. The quantitative estimate of drug-likeness (QED) is 0.438. The molecule has 0 bridgehead atoms. The van der Waals surface area contributed by atoms with Crippen LogP contribution >= 0.6 is 11.6 Å². The molecule has 0 spiro atoms. The van der Waals surface area contributed by atoms with Gasteiger partial charge in [-0.1, -0.05) is 39.8 Å². The first-order chi connectivity index (χ1) is 4.54. The molecular formula is C9H17Cl. The normalized spacial score (nSPS) is 15.5. The summed E-state index contributed by atoms with van der Waals surface area (Å²) in [5.41, 5.74) is 0. The van der Waals surface area contributed by atoms with Crippen LogP contribution in [0.4, 0.5) is 0 Å². The van der Waals surface area contributed by atoms with E-state index in [4.69, 9.17) is 11.6 Å². The minimum absolute atomic E-state index is 0.197. The Bertz CT molecular complexity index is 103. The molecule has 60 valence electrons. The van der Waals surface area contributed by atoms with Crippen LogP contribution < -0.4 is 0 Å². The molecule has 0 saturated carbocycles. The van der Waals surface area contributed by atoms with E-state index in [0.29, 0.717) is 11.8 Å². The van der Waals surface area contributed by atoms with Gasteiger partial charge in [-0.05, 0) is 11.8 Å². The van der Waals surface area contributed by atoms with Crippen molar-refractivity contribution < 1.29 is 0 Å². The average molecular weight is 161 g/mol. The maximum absolute atomic E-state index is 5.97. The van der Waals surface area contributed by atoms with Gasteiger partial charge in [-0.25, -0.2) is 0 Å². The van der Waals surface area contributed by atoms with Crippen LogP contribution in [0.25, 0.3) is 0 Å². The Kier molecular flexibility index (Phi) is 4.80. The number of hydrogen-bond acceptors (Lipinski definition) is 0. The predicted molar refractivity (Wildman–Crippen MR) is 48.5 cm³/mol. The van der Waals surface area contributed by atoms with Gasteiger partial charge >= 0.3 is 0 Å². The molecule has 0 aromatic rings. The van der Waals surface area contributed by atoms with Crippen LogP contribution in [0, 0.1) is 11.8 Å². The van der Waals surface area contributed by atoms with Gasteiger partial charge in [0.15, 0.2) is 0 Å². The van der Waals surface area contributed by atoms with Crippen molar-refractivity contribution in [3.63, 3.8) is 0 Å². The largest absolute Gasteiger partial charge is 0.118 e. The van der Waals surface area contributed by atoms with Crippen molar-refractivity contribution in [1.29, 1.82) is 0 Å². The summed E-state index contributed by atoms with van der Waals surface area (Å²) < 4.78 is 0. The van der Waals surface area contributed by atoms with Crippen LogP contribution in [0.15, 0.2) is 12.2 Å². The van der Waals surface area contributed by atoms with Gasteiger partial charge < -0.3 is 0 Å². The predicted octanol–water partition coefficient (Wildman–Crippen LogP) is 3.46. The number of hydrogen-bond donors (Lipinski definition) is 0. The lowest BCUT2D eigenvalue weighted by molar-refractivity contribution is 0.666. The molecule has 10 heavy (non-hydrogen) atoms. The summed E-state index contributed by atoms with van der Waals surface area (Å²) in [6.07, 6.45) is 4.23. The fraction of sp³-hybridized carbons (Fsp3) is 0.778. The molecule has 0 amide bonds. The minimum atomic E-state index is 0.197. The van der Waals surface area contributed by atoms with Gasteiger partial charge in [-0.3, -0.25) is 0 Å². The Morgan fingerprint density at radius 1 is 1.00 bits per heavy atom. The van der Waals surface area contributed by atoms with Gasteiger partial charge in [0.2, 0.25) is 0 Å². The minimum Gasteiger partial charge on any atom is -0.118 e. The summed E-state index contributed by atoms with van der Waals surface area (Å²) in [5.74, 6) is 1.15. The van der Waals surface area contributed by atoms with Gasteiger partial charge in [0, 0.05) is 0 Å². The van der Waals surface area contributed by atoms with Crippen LogP contribution in [0.5, 0.6) is 0 Å². The second-order valence-electron chi connectivity index (χ2n) is 3.32. The zero-order valence-electron chi connectivity index (χ0n) is 7.26. The SMILES string of the molecule is CC(C)/C=C/[C@@H](Cl)C(C)C. The molecule has 0 aliphatic heterocycles. The molecule has 0 radical (unpaired) electrons. The molecule has 0 heterocycles. The molecule has 0 N–H and O–H groups in total. The summed E-state index contributed by atoms with van der Waals surface area (Å²) in [5, 5.41) is 0.197. The summed E-state index contributed by atoms with van der Waals surface area (Å²) in [6, 6.07) is 0. The fourth-order valence-corrected chi connectivity index (χ4v) is 0.635. The molecule has 0 fully saturated rings. The van der Waals surface area contributed by atoms with E-state index < -0.39 is 0 Å². The second-order valence-corrected chi connectivity index (χ2v) is 3.82. The van der Waals surface area contributed by atoms with Crippen molar-refractivity contribution in [2.24, 2.45) is 11.8 Å². The molecule has 0 unspecified atom stereocenters. The topological polar surface area (TPSA) is 0 Å². The van der Waals surface area contributed by atoms with Gasteiger partial charge in [0.05, 0.1) is 5.38 Å². The van der Waals surface area contributed by atoms with Crippen LogP contribution in [0.3, 0.4) is 0 Å². The number of halogens is 1. The zero-order chi connectivity index (χ0) is 8.15. The number of allylic oxidation sites excluding steroid dienone is 2. The van der Waals surface area contributed by atoms with E-state index in [1.165, 1.54) is 0 Å². The van der Waals surface area contributed by atoms with E-state index in [9.17, 15) is 0 Å². The molecule has 0 aliphatic rings. The maximum atomic E-state index is 5.97. The standard InChI is InChI=1S/C9H17Cl/c1-7(2)5-6-9(10)8(3)4/h5-9H,1-4H3/b6-5+/t9-/m1/s1. The van der Waals surface area contributed by atoms with Crippen molar-refractivity contribution in [3.05, 3.63) is 12.2 Å². The molecule has 0 aliphatic carbocycles. The first kappa shape index (κ1) is 10.0. The molecule has 0 saturated heterocycles. The van der Waals surface area contributed by atoms with Crippen LogP contribution in [0.1, 0.15) is 27.7 Å². The molecule has 0 aromatic heterocycles. The third-order valence-electron chi connectivity index (χ3n) is 1.32. The zero-order valence-corrected chi connectivity index (χ0v) is 8.02. The van der Waals surface area contributed by atoms with Crippen molar-refractivity contribution in [1.82, 2.24) is 0 Å². The smallest absolute Gasteiger partial charge is 0.0539 e. The Morgan fingerprint density at radius 2 is 1.50 bits per heavy atom. The summed E-state index contributed by atoms with van der Waals surface area (Å²) in [4.78, 5) is 0. The molecule has 1 atom stereocenters. The summed E-state index contributed by atoms with van der Waals surface area (Å²) in [6.45, 7) is 8.56. The third kappa shape index (κ3) is 4.87. The van der Waals surface area contributed by atoms with E-state index in [2.05, 4.69) is 39.8 Å². The first-order valence-corrected chi connectivity index (χ1v) is 4.30. The molecule has 0 aromatic carbocycles. The Balaban J connectivity index is 3.66. The van der Waals surface area contributed by atoms with E-state index >= 15 is 0 Å². The van der Waals surface area contributed by atoms with Gasteiger partial charge in [0.25, 0.3) is 0 Å². The highest BCUT2D eigenvalue weighted by atomic mass is 35.5. The maximum Gasteiger partial charge on any atom is 0.0539 e. The molecule has 0 rings (SSSR count). The fourth-order valence-electron chi connectivity index (χ4n) is 0.551. The number of rotatable bonds is 3. The van der Waals surface area contributed by atoms with Gasteiger partial charge in [0.1, 0.15) is 0 Å². The van der Waals surface area contributed by atoms with Crippen LogP contribution in [-0.4, -0.2) is 5.38 Å². The summed E-state index contributed by atoms with van der Waals surface area (Å²) >= 11 is 5.97. The average Bonchev–Trinajstić information content (AvgIpc) is 1.82. The highest BCUT2D eigenvalue weighted by Crippen LogP contribution is 2.11. The van der Waals surface area contributed by atoms with E-state index in [1.807, 2.05) is 0 Å². The Labute approximate surface area is 69.3 Å². The van der Waals surface area contributed by atoms with Crippen molar-refractivity contribution in [3.8, 4) is 0 Å². The van der Waals surface area contributed by atoms with Gasteiger partial charge in [-0.15, -0.1) is 11.6 Å². The van der Waals surface area contributed by atoms with Crippen molar-refractivity contribution in [2.45, 2.75) is 33.1 Å². The Hall–Kier alpha value is 0.0300. The lowest BCUT2D eigenvalue weighted by Crippen LogP contribution is -2.03. The molecule has 0 nitrogen and oxygen atoms in total. The van der Waals surface area contributed by atoms with E-state index in [1.54, 1.807) is 0 Å². The second kappa shape index (κ2) is 4.79. The number of alkyl halides is 1. The van der Waals surface area contributed by atoms with Crippen LogP contribution in [-0.2, 0) is 0 Å².